The number of nitrogens with zero attached hydrogens (tertiary/aromatic N) is 1. The van der Waals surface area contributed by atoms with E-state index >= 15 is 0 Å². The molecule has 0 fully saturated rings. The van der Waals surface area contributed by atoms with Crippen molar-refractivity contribution in [1.29, 1.82) is 0 Å². The number of hydrogen-bond acceptors (Lipinski definition) is 2. The van der Waals surface area contributed by atoms with Crippen LogP contribution in [0.25, 0.3) is 10.9 Å². The maximum Gasteiger partial charge on any atom is 0.222 e. The van der Waals surface area contributed by atoms with Gasteiger partial charge in [0.1, 0.15) is 5.82 Å². The number of benzene rings is 1. The standard InChI is InChI=1S/C12H12N2O/c1-8-4-3-5-10-6-7-11(13-9(2)15)14-12(8)10/h3-7H,1-2H3,(H,13,14,15). The van der Waals surface area contributed by atoms with Crippen LogP contribution in [0.3, 0.4) is 0 Å². The number of aromatic nitrogens is 1. The average Bonchev–Trinajstić information content (AvgIpc) is 2.18. The summed E-state index contributed by atoms with van der Waals surface area (Å²) in [7, 11) is 0. The molecule has 0 saturated carbocycles. The Morgan fingerprint density at radius 3 is 2.80 bits per heavy atom. The second kappa shape index (κ2) is 3.69. The molecule has 0 atom stereocenters. The van der Waals surface area contributed by atoms with Crippen LogP contribution in [0, 0.1) is 6.92 Å². The van der Waals surface area contributed by atoms with Crippen molar-refractivity contribution in [1.82, 2.24) is 4.98 Å². The smallest absolute Gasteiger partial charge is 0.222 e. The van der Waals surface area contributed by atoms with Crippen molar-refractivity contribution in [2.75, 3.05) is 5.32 Å². The lowest BCUT2D eigenvalue weighted by molar-refractivity contribution is -0.114. The zero-order chi connectivity index (χ0) is 10.8. The lowest BCUT2D eigenvalue weighted by atomic mass is 10.1. The van der Waals surface area contributed by atoms with Crippen molar-refractivity contribution in [2.45, 2.75) is 13.8 Å². The summed E-state index contributed by atoms with van der Waals surface area (Å²) in [6, 6.07) is 9.78. The summed E-state index contributed by atoms with van der Waals surface area (Å²) in [6.07, 6.45) is 0. The summed E-state index contributed by atoms with van der Waals surface area (Å²) in [5.74, 6) is 0.500. The van der Waals surface area contributed by atoms with E-state index in [1.54, 1.807) is 0 Å². The zero-order valence-electron chi connectivity index (χ0n) is 8.74. The molecule has 2 aromatic rings. The minimum atomic E-state index is -0.101. The Labute approximate surface area is 88.1 Å². The van der Waals surface area contributed by atoms with Crippen LogP contribution in [0.2, 0.25) is 0 Å². The number of amides is 1. The quantitative estimate of drug-likeness (QED) is 0.768. The normalized spacial score (nSPS) is 10.3. The molecule has 0 aliphatic heterocycles. The number of hydrogen-bond donors (Lipinski definition) is 1. The van der Waals surface area contributed by atoms with Crippen molar-refractivity contribution in [2.24, 2.45) is 0 Å². The molecule has 0 bridgehead atoms. The van der Waals surface area contributed by atoms with Gasteiger partial charge in [-0.25, -0.2) is 4.98 Å². The highest BCUT2D eigenvalue weighted by molar-refractivity contribution is 5.90. The summed E-state index contributed by atoms with van der Waals surface area (Å²) in [5, 5.41) is 3.76. The number of aryl methyl sites for hydroxylation is 1. The SMILES string of the molecule is CC(=O)Nc1ccc2cccc(C)c2n1. The monoisotopic (exact) mass is 200 g/mol. The summed E-state index contributed by atoms with van der Waals surface area (Å²) in [6.45, 7) is 3.48. The molecule has 0 radical (unpaired) electrons. The van der Waals surface area contributed by atoms with Crippen molar-refractivity contribution in [3.8, 4) is 0 Å². The van der Waals surface area contributed by atoms with Crippen molar-refractivity contribution in [3.05, 3.63) is 35.9 Å². The molecule has 0 unspecified atom stereocenters. The van der Waals surface area contributed by atoms with E-state index in [-0.39, 0.29) is 5.91 Å². The Morgan fingerprint density at radius 2 is 2.07 bits per heavy atom. The Hall–Kier alpha value is -1.90. The second-order valence-electron chi connectivity index (χ2n) is 3.52. The minimum Gasteiger partial charge on any atom is -0.311 e. The third kappa shape index (κ3) is 1.96. The Balaban J connectivity index is 2.54. The molecule has 1 heterocycles. The van der Waals surface area contributed by atoms with Crippen LogP contribution in [0.15, 0.2) is 30.3 Å². The average molecular weight is 200 g/mol. The van der Waals surface area contributed by atoms with Gasteiger partial charge < -0.3 is 5.32 Å². The molecule has 76 valence electrons. The molecule has 15 heavy (non-hydrogen) atoms. The molecule has 3 heteroatoms. The fourth-order valence-corrected chi connectivity index (χ4v) is 1.55. The Kier molecular flexibility index (Phi) is 2.37. The zero-order valence-corrected chi connectivity index (χ0v) is 8.74. The summed E-state index contributed by atoms with van der Waals surface area (Å²) in [5.41, 5.74) is 2.04. The van der Waals surface area contributed by atoms with E-state index < -0.39 is 0 Å². The molecule has 0 saturated heterocycles. The van der Waals surface area contributed by atoms with Crippen LogP contribution in [-0.2, 0) is 4.79 Å². The van der Waals surface area contributed by atoms with Gasteiger partial charge in [-0.1, -0.05) is 18.2 Å². The lowest BCUT2D eigenvalue weighted by Crippen LogP contribution is -2.07. The van der Waals surface area contributed by atoms with Gasteiger partial charge in [0.25, 0.3) is 0 Å². The molecule has 0 aliphatic carbocycles. The number of nitrogens with one attached hydrogen (secondary N) is 1. The molecule has 0 spiro atoms. The molecule has 0 aliphatic rings. The maximum atomic E-state index is 10.9. The number of anilines is 1. The van der Waals surface area contributed by atoms with Crippen molar-refractivity contribution in [3.63, 3.8) is 0 Å². The Morgan fingerprint density at radius 1 is 1.27 bits per heavy atom. The van der Waals surface area contributed by atoms with E-state index in [9.17, 15) is 4.79 Å². The Bertz CT molecular complexity index is 520. The fraction of sp³-hybridized carbons (Fsp3) is 0.167. The van der Waals surface area contributed by atoms with E-state index in [0.29, 0.717) is 5.82 Å². The van der Waals surface area contributed by atoms with Crippen molar-refractivity contribution >= 4 is 22.6 Å². The predicted octanol–water partition coefficient (Wildman–Crippen LogP) is 2.50. The number of rotatable bonds is 1. The van der Waals surface area contributed by atoms with Gasteiger partial charge in [0.15, 0.2) is 0 Å². The number of para-hydroxylation sites is 1. The molecule has 2 rings (SSSR count). The number of pyridine rings is 1. The van der Waals surface area contributed by atoms with Gasteiger partial charge in [0.2, 0.25) is 5.91 Å². The second-order valence-corrected chi connectivity index (χ2v) is 3.52. The summed E-state index contributed by atoms with van der Waals surface area (Å²) in [4.78, 5) is 15.3. The minimum absolute atomic E-state index is 0.101. The van der Waals surface area contributed by atoms with Gasteiger partial charge in [-0.2, -0.15) is 0 Å². The number of carbonyl (C=O) groups excluding carboxylic acids is 1. The van der Waals surface area contributed by atoms with Gasteiger partial charge in [0.05, 0.1) is 5.52 Å². The van der Waals surface area contributed by atoms with Gasteiger partial charge in [0, 0.05) is 12.3 Å². The number of fused-ring (bicyclic) bond motifs is 1. The first-order valence-electron chi connectivity index (χ1n) is 4.81. The third-order valence-electron chi connectivity index (χ3n) is 2.23. The predicted molar refractivity (Wildman–Crippen MR) is 60.8 cm³/mol. The summed E-state index contributed by atoms with van der Waals surface area (Å²) >= 11 is 0. The molecule has 1 amide bonds. The van der Waals surface area contributed by atoms with Gasteiger partial charge >= 0.3 is 0 Å². The van der Waals surface area contributed by atoms with Gasteiger partial charge in [-0.05, 0) is 24.6 Å². The largest absolute Gasteiger partial charge is 0.311 e. The molecular formula is C12H12N2O. The molecule has 3 nitrogen and oxygen atoms in total. The van der Waals surface area contributed by atoms with Gasteiger partial charge in [-0.15, -0.1) is 0 Å². The van der Waals surface area contributed by atoms with Crippen LogP contribution < -0.4 is 5.32 Å². The van der Waals surface area contributed by atoms with E-state index in [1.807, 2.05) is 37.3 Å². The molecule has 1 aromatic heterocycles. The van der Waals surface area contributed by atoms with Crippen LogP contribution in [0.1, 0.15) is 12.5 Å². The van der Waals surface area contributed by atoms with E-state index in [2.05, 4.69) is 10.3 Å². The van der Waals surface area contributed by atoms with E-state index in [0.717, 1.165) is 16.5 Å². The topological polar surface area (TPSA) is 42.0 Å². The first kappa shape index (κ1) is 9.65. The highest BCUT2D eigenvalue weighted by atomic mass is 16.1. The number of carbonyl (C=O) groups is 1. The highest BCUT2D eigenvalue weighted by Gasteiger charge is 2.01. The van der Waals surface area contributed by atoms with E-state index in [4.69, 9.17) is 0 Å². The first-order chi connectivity index (χ1) is 7.16. The molecule has 1 N–H and O–H groups in total. The van der Waals surface area contributed by atoms with Crippen LogP contribution in [-0.4, -0.2) is 10.9 Å². The third-order valence-corrected chi connectivity index (χ3v) is 2.23. The molecular weight excluding hydrogens is 188 g/mol. The van der Waals surface area contributed by atoms with Crippen molar-refractivity contribution < 1.29 is 4.79 Å². The highest BCUT2D eigenvalue weighted by Crippen LogP contribution is 2.18. The first-order valence-corrected chi connectivity index (χ1v) is 4.81. The maximum absolute atomic E-state index is 10.9. The van der Waals surface area contributed by atoms with E-state index in [1.165, 1.54) is 6.92 Å². The van der Waals surface area contributed by atoms with Crippen LogP contribution in [0.4, 0.5) is 5.82 Å². The molecule has 1 aromatic carbocycles. The van der Waals surface area contributed by atoms with Gasteiger partial charge in [-0.3, -0.25) is 4.79 Å². The fourth-order valence-electron chi connectivity index (χ4n) is 1.55. The summed E-state index contributed by atoms with van der Waals surface area (Å²) < 4.78 is 0. The van der Waals surface area contributed by atoms with Crippen LogP contribution in [0.5, 0.6) is 0 Å². The lowest BCUT2D eigenvalue weighted by Gasteiger charge is -2.04. The van der Waals surface area contributed by atoms with Crippen LogP contribution >= 0.6 is 0 Å².